The van der Waals surface area contributed by atoms with Crippen molar-refractivity contribution in [3.8, 4) is 0 Å². The summed E-state index contributed by atoms with van der Waals surface area (Å²) in [7, 11) is 0. The molecule has 0 aliphatic rings. The molecule has 88 valence electrons. The fraction of sp³-hybridized carbons (Fsp3) is 0.154. The number of anilines is 1. The first-order chi connectivity index (χ1) is 8.28. The van der Waals surface area contributed by atoms with Crippen molar-refractivity contribution in [2.75, 3.05) is 5.32 Å². The Morgan fingerprint density at radius 3 is 2.88 bits per heavy atom. The molecule has 0 bridgehead atoms. The third-order valence-corrected chi connectivity index (χ3v) is 3.35. The first-order valence-corrected chi connectivity index (χ1v) is 6.71. The number of nitrogens with one attached hydrogen (secondary N) is 1. The number of thiophene rings is 1. The van der Waals surface area contributed by atoms with Crippen molar-refractivity contribution in [1.29, 1.82) is 0 Å². The van der Waals surface area contributed by atoms with Crippen LogP contribution in [0.5, 0.6) is 0 Å². The van der Waals surface area contributed by atoms with Crippen LogP contribution in [0.2, 0.25) is 0 Å². The van der Waals surface area contributed by atoms with Gasteiger partial charge in [-0.15, -0.1) is 11.6 Å². The smallest absolute Gasteiger partial charge is 0.228 e. The van der Waals surface area contributed by atoms with Crippen molar-refractivity contribution in [3.05, 3.63) is 52.2 Å². The number of hydrogen-bond acceptors (Lipinski definition) is 2. The monoisotopic (exact) mass is 265 g/mol. The van der Waals surface area contributed by atoms with Crippen molar-refractivity contribution in [2.24, 2.45) is 0 Å². The molecule has 1 aromatic heterocycles. The van der Waals surface area contributed by atoms with Crippen molar-refractivity contribution in [1.82, 2.24) is 0 Å². The van der Waals surface area contributed by atoms with E-state index in [4.69, 9.17) is 11.6 Å². The molecule has 17 heavy (non-hydrogen) atoms. The average Bonchev–Trinajstić information content (AvgIpc) is 2.82. The molecule has 1 N–H and O–H groups in total. The maximum atomic E-state index is 11.7. The third-order valence-electron chi connectivity index (χ3n) is 2.31. The van der Waals surface area contributed by atoms with E-state index in [-0.39, 0.29) is 5.91 Å². The van der Waals surface area contributed by atoms with Gasteiger partial charge in [0.15, 0.2) is 0 Å². The zero-order chi connectivity index (χ0) is 12.1. The zero-order valence-electron chi connectivity index (χ0n) is 9.15. The molecule has 0 radical (unpaired) electrons. The van der Waals surface area contributed by atoms with Gasteiger partial charge >= 0.3 is 0 Å². The quantitative estimate of drug-likeness (QED) is 0.840. The van der Waals surface area contributed by atoms with Gasteiger partial charge in [0.1, 0.15) is 0 Å². The lowest BCUT2D eigenvalue weighted by molar-refractivity contribution is -0.115. The molecule has 2 rings (SSSR count). The van der Waals surface area contributed by atoms with E-state index in [0.717, 1.165) is 16.8 Å². The van der Waals surface area contributed by atoms with Gasteiger partial charge in [-0.1, -0.05) is 12.1 Å². The number of carbonyl (C=O) groups is 1. The molecule has 1 heterocycles. The molecule has 0 saturated heterocycles. The number of hydrogen-bond donors (Lipinski definition) is 1. The first kappa shape index (κ1) is 12.1. The molecule has 0 fully saturated rings. The number of carbonyl (C=O) groups excluding carboxylic acids is 1. The van der Waals surface area contributed by atoms with Crippen LogP contribution in [-0.2, 0) is 17.1 Å². The SMILES string of the molecule is O=C(Cc1ccsc1)Nc1cccc(CCl)c1. The molecule has 2 nitrogen and oxygen atoms in total. The van der Waals surface area contributed by atoms with Crippen LogP contribution in [0.15, 0.2) is 41.1 Å². The number of rotatable bonds is 4. The lowest BCUT2D eigenvalue weighted by atomic mass is 10.2. The van der Waals surface area contributed by atoms with E-state index in [1.165, 1.54) is 0 Å². The summed E-state index contributed by atoms with van der Waals surface area (Å²) in [4.78, 5) is 11.7. The zero-order valence-corrected chi connectivity index (χ0v) is 10.7. The molecule has 0 aliphatic heterocycles. The summed E-state index contributed by atoms with van der Waals surface area (Å²) < 4.78 is 0. The van der Waals surface area contributed by atoms with Gasteiger partial charge < -0.3 is 5.32 Å². The molecular formula is C13H12ClNOS. The second-order valence-corrected chi connectivity index (χ2v) is 4.74. The van der Waals surface area contributed by atoms with Crippen LogP contribution >= 0.6 is 22.9 Å². The summed E-state index contributed by atoms with van der Waals surface area (Å²) in [5.74, 6) is 0.448. The summed E-state index contributed by atoms with van der Waals surface area (Å²) in [6.45, 7) is 0. The van der Waals surface area contributed by atoms with Crippen LogP contribution in [0.3, 0.4) is 0 Å². The van der Waals surface area contributed by atoms with Crippen LogP contribution in [0.4, 0.5) is 5.69 Å². The predicted molar refractivity (Wildman–Crippen MR) is 72.7 cm³/mol. The Morgan fingerprint density at radius 2 is 2.18 bits per heavy atom. The summed E-state index contributed by atoms with van der Waals surface area (Å²) in [5, 5.41) is 6.81. The minimum Gasteiger partial charge on any atom is -0.326 e. The Labute approximate surface area is 109 Å². The van der Waals surface area contributed by atoms with Crippen molar-refractivity contribution in [3.63, 3.8) is 0 Å². The van der Waals surface area contributed by atoms with Crippen LogP contribution in [0.25, 0.3) is 0 Å². The highest BCUT2D eigenvalue weighted by Gasteiger charge is 2.04. The fourth-order valence-corrected chi connectivity index (χ4v) is 2.35. The number of benzene rings is 1. The van der Waals surface area contributed by atoms with Crippen LogP contribution in [-0.4, -0.2) is 5.91 Å². The molecule has 0 unspecified atom stereocenters. The number of halogens is 1. The molecule has 4 heteroatoms. The Hall–Kier alpha value is -1.32. The Balaban J connectivity index is 1.98. The number of alkyl halides is 1. The Bertz CT molecular complexity index is 496. The number of amides is 1. The maximum absolute atomic E-state index is 11.7. The second-order valence-electron chi connectivity index (χ2n) is 3.69. The van der Waals surface area contributed by atoms with E-state index in [2.05, 4.69) is 5.32 Å². The largest absolute Gasteiger partial charge is 0.326 e. The summed E-state index contributed by atoms with van der Waals surface area (Å²) in [5.41, 5.74) is 2.84. The summed E-state index contributed by atoms with van der Waals surface area (Å²) >= 11 is 7.34. The summed E-state index contributed by atoms with van der Waals surface area (Å²) in [6, 6.07) is 9.53. The van der Waals surface area contributed by atoms with Gasteiger partial charge in [0.05, 0.1) is 6.42 Å². The highest BCUT2D eigenvalue weighted by Crippen LogP contribution is 2.13. The van der Waals surface area contributed by atoms with Crippen molar-refractivity contribution < 1.29 is 4.79 Å². The predicted octanol–water partition coefficient (Wildman–Crippen LogP) is 3.67. The molecule has 1 aromatic carbocycles. The van der Waals surface area contributed by atoms with Gasteiger partial charge in [0, 0.05) is 11.6 Å². The Morgan fingerprint density at radius 1 is 1.29 bits per heavy atom. The van der Waals surface area contributed by atoms with Crippen molar-refractivity contribution in [2.45, 2.75) is 12.3 Å². The van der Waals surface area contributed by atoms with E-state index in [1.807, 2.05) is 41.1 Å². The molecule has 0 spiro atoms. The van der Waals surface area contributed by atoms with Crippen LogP contribution < -0.4 is 5.32 Å². The molecule has 1 amide bonds. The average molecular weight is 266 g/mol. The van der Waals surface area contributed by atoms with Crippen LogP contribution in [0.1, 0.15) is 11.1 Å². The van der Waals surface area contributed by atoms with Gasteiger partial charge in [0.25, 0.3) is 0 Å². The lowest BCUT2D eigenvalue weighted by Gasteiger charge is -2.05. The third kappa shape index (κ3) is 3.58. The van der Waals surface area contributed by atoms with Gasteiger partial charge in [0.2, 0.25) is 5.91 Å². The molecule has 0 atom stereocenters. The highest BCUT2D eigenvalue weighted by atomic mass is 35.5. The maximum Gasteiger partial charge on any atom is 0.228 e. The summed E-state index contributed by atoms with van der Waals surface area (Å²) in [6.07, 6.45) is 0.411. The van der Waals surface area contributed by atoms with Gasteiger partial charge in [-0.05, 0) is 40.1 Å². The molecular weight excluding hydrogens is 254 g/mol. The van der Waals surface area contributed by atoms with Gasteiger partial charge in [-0.2, -0.15) is 11.3 Å². The second kappa shape index (κ2) is 5.84. The first-order valence-electron chi connectivity index (χ1n) is 5.24. The van der Waals surface area contributed by atoms with E-state index < -0.39 is 0 Å². The van der Waals surface area contributed by atoms with E-state index >= 15 is 0 Å². The van der Waals surface area contributed by atoms with E-state index in [1.54, 1.807) is 11.3 Å². The molecule has 0 saturated carbocycles. The normalized spacial score (nSPS) is 10.2. The highest BCUT2D eigenvalue weighted by molar-refractivity contribution is 7.08. The van der Waals surface area contributed by atoms with Gasteiger partial charge in [-0.25, -0.2) is 0 Å². The lowest BCUT2D eigenvalue weighted by Crippen LogP contribution is -2.13. The molecule has 2 aromatic rings. The Kier molecular flexibility index (Phi) is 4.18. The van der Waals surface area contributed by atoms with Gasteiger partial charge in [-0.3, -0.25) is 4.79 Å². The molecule has 0 aliphatic carbocycles. The standard InChI is InChI=1S/C13H12ClNOS/c14-8-10-2-1-3-12(6-10)15-13(16)7-11-4-5-17-9-11/h1-6,9H,7-8H2,(H,15,16). The fourth-order valence-electron chi connectivity index (χ4n) is 1.52. The minimum absolute atomic E-state index is 0.00452. The van der Waals surface area contributed by atoms with Crippen LogP contribution in [0, 0.1) is 0 Å². The topological polar surface area (TPSA) is 29.1 Å². The minimum atomic E-state index is -0.00452. The van der Waals surface area contributed by atoms with E-state index in [9.17, 15) is 4.79 Å². The van der Waals surface area contributed by atoms with Crippen molar-refractivity contribution >= 4 is 34.5 Å². The van der Waals surface area contributed by atoms with E-state index in [0.29, 0.717) is 12.3 Å².